The summed E-state index contributed by atoms with van der Waals surface area (Å²) in [6, 6.07) is 37.1. The maximum absolute atomic E-state index is 13.7. The third-order valence-electron chi connectivity index (χ3n) is 7.80. The molecule has 0 saturated carbocycles. The lowest BCUT2D eigenvalue weighted by Crippen LogP contribution is -2.25. The van der Waals surface area contributed by atoms with Gasteiger partial charge in [-0.3, -0.25) is 9.13 Å². The lowest BCUT2D eigenvalue weighted by Gasteiger charge is -2.29. The second kappa shape index (κ2) is 11.2. The average Bonchev–Trinajstić information content (AvgIpc) is 3.07. The highest BCUT2D eigenvalue weighted by Gasteiger charge is 2.41. The number of rotatable bonds is 2. The molecule has 4 N–H and O–H groups in total. The molecule has 0 fully saturated rings. The Labute approximate surface area is 264 Å². The molecule has 0 spiro atoms. The second-order valence-electron chi connectivity index (χ2n) is 10.7. The van der Waals surface area contributed by atoms with Gasteiger partial charge in [-0.1, -0.05) is 72.8 Å². The van der Waals surface area contributed by atoms with Crippen LogP contribution in [0, 0.1) is 0 Å². The minimum Gasteiger partial charge on any atom is -0.508 e. The van der Waals surface area contributed by atoms with Gasteiger partial charge in [0.2, 0.25) is 0 Å². The largest absolute Gasteiger partial charge is 0.508 e. The van der Waals surface area contributed by atoms with E-state index in [2.05, 4.69) is 0 Å². The van der Waals surface area contributed by atoms with Crippen molar-refractivity contribution in [3.05, 3.63) is 133 Å². The van der Waals surface area contributed by atoms with Gasteiger partial charge < -0.3 is 29.5 Å². The molecule has 2 heterocycles. The molecular weight excluding hydrogens is 622 g/mol. The Morgan fingerprint density at radius 2 is 0.739 bits per heavy atom. The van der Waals surface area contributed by atoms with Crippen molar-refractivity contribution in [3.63, 3.8) is 0 Å². The first-order valence-electron chi connectivity index (χ1n) is 14.2. The Morgan fingerprint density at radius 3 is 1.15 bits per heavy atom. The van der Waals surface area contributed by atoms with E-state index in [4.69, 9.17) is 9.05 Å². The molecule has 2 aliphatic heterocycles. The number of hydrogen-bond donors (Lipinski definition) is 4. The van der Waals surface area contributed by atoms with Crippen LogP contribution >= 0.6 is 14.7 Å². The molecule has 228 valence electrons. The molecule has 2 atom stereocenters. The molecule has 0 bridgehead atoms. The Morgan fingerprint density at radius 1 is 0.391 bits per heavy atom. The monoisotopic (exact) mass is 648 g/mol. The number of aromatic hydroxyl groups is 4. The summed E-state index contributed by atoms with van der Waals surface area (Å²) in [6.45, 7) is 0. The van der Waals surface area contributed by atoms with Crippen LogP contribution in [-0.2, 0) is 9.13 Å². The van der Waals surface area contributed by atoms with E-state index in [0.717, 1.165) is 22.3 Å². The fraction of sp³-hybridized carbons (Fsp3) is 0. The standard InChI is InChI=1S/2C18H13O4P/c2*19-12-9-10-15(20)18(11-12)23(21)17-8-4-2-6-14(17)13-5-1-3-7-16(13)22-23/h2*1-11,19-20H. The van der Waals surface area contributed by atoms with Crippen LogP contribution in [0.5, 0.6) is 34.5 Å². The highest BCUT2D eigenvalue weighted by molar-refractivity contribution is 7.75. The van der Waals surface area contributed by atoms with Crippen molar-refractivity contribution in [2.75, 3.05) is 0 Å². The van der Waals surface area contributed by atoms with Gasteiger partial charge >= 0.3 is 14.7 Å². The van der Waals surface area contributed by atoms with E-state index in [1.807, 2.05) is 48.5 Å². The lowest BCUT2D eigenvalue weighted by atomic mass is 10.0. The van der Waals surface area contributed by atoms with Crippen LogP contribution in [0.25, 0.3) is 22.3 Å². The van der Waals surface area contributed by atoms with E-state index < -0.39 is 14.7 Å². The van der Waals surface area contributed by atoms with Gasteiger partial charge in [-0.15, -0.1) is 0 Å². The van der Waals surface area contributed by atoms with Crippen molar-refractivity contribution in [2.45, 2.75) is 0 Å². The van der Waals surface area contributed by atoms with Gasteiger partial charge in [-0.05, 0) is 71.8 Å². The van der Waals surface area contributed by atoms with Gasteiger partial charge in [0.1, 0.15) is 34.5 Å². The van der Waals surface area contributed by atoms with Gasteiger partial charge in [0, 0.05) is 11.1 Å². The van der Waals surface area contributed by atoms with Crippen molar-refractivity contribution >= 4 is 36.0 Å². The molecule has 6 aromatic carbocycles. The Hall–Kier alpha value is -5.42. The molecule has 2 unspecified atom stereocenters. The van der Waals surface area contributed by atoms with Crippen LogP contribution in [0.3, 0.4) is 0 Å². The highest BCUT2D eigenvalue weighted by Crippen LogP contribution is 2.56. The zero-order chi connectivity index (χ0) is 32.1. The quantitative estimate of drug-likeness (QED) is 0.119. The summed E-state index contributed by atoms with van der Waals surface area (Å²) in [5, 5.41) is 41.0. The fourth-order valence-electron chi connectivity index (χ4n) is 5.68. The van der Waals surface area contributed by atoms with Gasteiger partial charge in [0.05, 0.1) is 21.2 Å². The summed E-state index contributed by atoms with van der Waals surface area (Å²) in [7, 11) is -7.13. The van der Waals surface area contributed by atoms with Crippen LogP contribution in [0.2, 0.25) is 0 Å². The summed E-state index contributed by atoms with van der Waals surface area (Å²) < 4.78 is 39.1. The molecule has 0 radical (unpaired) electrons. The van der Waals surface area contributed by atoms with Crippen LogP contribution in [0.15, 0.2) is 133 Å². The number of hydrogen-bond acceptors (Lipinski definition) is 8. The van der Waals surface area contributed by atoms with Crippen LogP contribution in [0.1, 0.15) is 0 Å². The topological polar surface area (TPSA) is 134 Å². The zero-order valence-corrected chi connectivity index (χ0v) is 25.8. The normalized spacial score (nSPS) is 18.6. The Bertz CT molecular complexity index is 2090. The average molecular weight is 649 g/mol. The number of phenolic OH excluding ortho intramolecular Hbond substituents is 4. The molecule has 46 heavy (non-hydrogen) atoms. The summed E-state index contributed by atoms with van der Waals surface area (Å²) in [6.07, 6.45) is 0. The van der Waals surface area contributed by atoms with Gasteiger partial charge in [-0.25, -0.2) is 0 Å². The Balaban J connectivity index is 0.000000147. The van der Waals surface area contributed by atoms with E-state index in [1.165, 1.54) is 36.4 Å². The smallest absolute Gasteiger partial charge is 0.311 e. The predicted molar refractivity (Wildman–Crippen MR) is 178 cm³/mol. The SMILES string of the molecule is O=P1(c2cc(O)ccc2O)Oc2ccccc2-c2ccccc21.O=P1(c2cc(O)ccc2O)Oc2ccccc2-c2ccccc21. The van der Waals surface area contributed by atoms with Crippen molar-refractivity contribution in [1.82, 2.24) is 0 Å². The van der Waals surface area contributed by atoms with Crippen molar-refractivity contribution in [3.8, 4) is 56.8 Å². The van der Waals surface area contributed by atoms with Crippen LogP contribution in [0.4, 0.5) is 0 Å². The first-order valence-corrected chi connectivity index (χ1v) is 17.5. The van der Waals surface area contributed by atoms with E-state index in [1.54, 1.807) is 48.5 Å². The Kier molecular flexibility index (Phi) is 7.12. The summed E-state index contributed by atoms with van der Waals surface area (Å²) in [5.74, 6) is 0.510. The molecule has 10 heteroatoms. The summed E-state index contributed by atoms with van der Waals surface area (Å²) in [4.78, 5) is 0. The van der Waals surface area contributed by atoms with E-state index in [0.29, 0.717) is 22.1 Å². The minimum absolute atomic E-state index is 0.0760. The van der Waals surface area contributed by atoms with Gasteiger partial charge in [-0.2, -0.15) is 0 Å². The number of benzene rings is 6. The fourth-order valence-corrected chi connectivity index (χ4v) is 10.4. The van der Waals surface area contributed by atoms with Crippen molar-refractivity contribution in [2.24, 2.45) is 0 Å². The summed E-state index contributed by atoms with van der Waals surface area (Å²) >= 11 is 0. The molecule has 8 rings (SSSR count). The number of fused-ring (bicyclic) bond motifs is 6. The molecule has 0 aromatic heterocycles. The van der Waals surface area contributed by atoms with Crippen LogP contribution < -0.4 is 30.3 Å². The first-order chi connectivity index (χ1) is 22.2. The van der Waals surface area contributed by atoms with E-state index >= 15 is 0 Å². The molecule has 0 amide bonds. The second-order valence-corrected chi connectivity index (χ2v) is 15.2. The molecule has 6 aromatic rings. The number of para-hydroxylation sites is 2. The highest BCUT2D eigenvalue weighted by atomic mass is 31.2. The van der Waals surface area contributed by atoms with E-state index in [-0.39, 0.29) is 33.6 Å². The predicted octanol–water partition coefficient (Wildman–Crippen LogP) is 6.77. The minimum atomic E-state index is -3.56. The molecule has 0 aliphatic carbocycles. The van der Waals surface area contributed by atoms with Crippen molar-refractivity contribution < 1.29 is 38.6 Å². The zero-order valence-electron chi connectivity index (χ0n) is 24.0. The third-order valence-corrected chi connectivity index (χ3v) is 12.7. The van der Waals surface area contributed by atoms with Gasteiger partial charge in [0.15, 0.2) is 0 Å². The summed E-state index contributed by atoms with van der Waals surface area (Å²) in [5.41, 5.74) is 3.32. The number of phenols is 4. The third kappa shape index (κ3) is 4.80. The van der Waals surface area contributed by atoms with Crippen LogP contribution in [-0.4, -0.2) is 20.4 Å². The van der Waals surface area contributed by atoms with Gasteiger partial charge in [0.25, 0.3) is 0 Å². The molecule has 8 nitrogen and oxygen atoms in total. The molecular formula is C36H26O8P2. The molecule has 0 saturated heterocycles. The molecule has 2 aliphatic rings. The lowest BCUT2D eigenvalue weighted by molar-refractivity contribution is 0.459. The van der Waals surface area contributed by atoms with E-state index in [9.17, 15) is 29.6 Å². The van der Waals surface area contributed by atoms with Crippen molar-refractivity contribution in [1.29, 1.82) is 0 Å². The maximum Gasteiger partial charge on any atom is 0.311 e. The maximum atomic E-state index is 13.7. The first kappa shape index (κ1) is 29.3.